The summed E-state index contributed by atoms with van der Waals surface area (Å²) in [5.41, 5.74) is 0. The monoisotopic (exact) mass is 171 g/mol. The Balaban J connectivity index is 3.29. The summed E-state index contributed by atoms with van der Waals surface area (Å²) >= 11 is 4.34. The summed E-state index contributed by atoms with van der Waals surface area (Å²) in [6.07, 6.45) is 3.87. The lowest BCUT2D eigenvalue weighted by atomic mass is 10.1. The topological polar surface area (TPSA) is 29.4 Å². The largest absolute Gasteiger partial charge is 0.298 e. The van der Waals surface area contributed by atoms with Crippen LogP contribution in [0.4, 0.5) is 0 Å². The van der Waals surface area contributed by atoms with Crippen LogP contribution in [0.5, 0.6) is 0 Å². The van der Waals surface area contributed by atoms with Crippen molar-refractivity contribution in [3.63, 3.8) is 0 Å². The molecule has 0 spiro atoms. The minimum Gasteiger partial charge on any atom is -0.298 e. The fourth-order valence-electron chi connectivity index (χ4n) is 0.772. The van der Waals surface area contributed by atoms with E-state index in [2.05, 4.69) is 29.3 Å². The molecule has 0 aromatic carbocycles. The minimum atomic E-state index is 0.163. The average molecular weight is 171 g/mol. The summed E-state index contributed by atoms with van der Waals surface area (Å²) in [7, 11) is 0. The molecule has 0 aliphatic rings. The van der Waals surface area contributed by atoms with Crippen LogP contribution in [-0.2, 0) is 4.79 Å². The Morgan fingerprint density at radius 1 is 1.55 bits per heavy atom. The molecule has 0 aliphatic heterocycles. The lowest BCUT2D eigenvalue weighted by Gasteiger charge is -1.94. The maximum atomic E-state index is 10.9. The molecule has 0 rings (SSSR count). The molecule has 0 aromatic rings. The van der Waals surface area contributed by atoms with Gasteiger partial charge in [0, 0.05) is 6.42 Å². The van der Waals surface area contributed by atoms with Crippen LogP contribution in [0.25, 0.3) is 0 Å². The Morgan fingerprint density at radius 2 is 2.27 bits per heavy atom. The number of hydrogen-bond donors (Lipinski definition) is 0. The molecule has 0 bridgehead atoms. The summed E-state index contributed by atoms with van der Waals surface area (Å²) in [6, 6.07) is 0. The maximum absolute atomic E-state index is 10.9. The first kappa shape index (κ1) is 10.5. The van der Waals surface area contributed by atoms with E-state index < -0.39 is 0 Å². The number of isothiocyanates is 1. The summed E-state index contributed by atoms with van der Waals surface area (Å²) in [5.74, 6) is 0.163. The van der Waals surface area contributed by atoms with Gasteiger partial charge in [0.2, 0.25) is 0 Å². The number of carbonyl (C=O) groups is 1. The molecule has 0 unspecified atom stereocenters. The standard InChI is InChI=1S/C8H13NOS/c1-2-3-4-5-8(10)6-9-7-11/h2-6H2,1H3. The molecule has 0 amide bonds. The van der Waals surface area contributed by atoms with Crippen molar-refractivity contribution in [1.82, 2.24) is 0 Å². The number of thiocarbonyl (C=S) groups is 1. The van der Waals surface area contributed by atoms with Gasteiger partial charge in [0.15, 0.2) is 5.78 Å². The van der Waals surface area contributed by atoms with Gasteiger partial charge in [-0.3, -0.25) is 4.79 Å². The highest BCUT2D eigenvalue weighted by Gasteiger charge is 1.97. The molecule has 0 fully saturated rings. The maximum Gasteiger partial charge on any atom is 0.155 e. The number of carbonyl (C=O) groups excluding carboxylic acids is 1. The van der Waals surface area contributed by atoms with Crippen molar-refractivity contribution in [1.29, 1.82) is 0 Å². The van der Waals surface area contributed by atoms with Gasteiger partial charge in [0.05, 0.1) is 5.16 Å². The number of rotatable bonds is 6. The number of ketones is 1. The van der Waals surface area contributed by atoms with Gasteiger partial charge in [0.25, 0.3) is 0 Å². The second-order valence-electron chi connectivity index (χ2n) is 2.40. The molecule has 62 valence electrons. The molecule has 0 aliphatic carbocycles. The zero-order valence-electron chi connectivity index (χ0n) is 6.80. The van der Waals surface area contributed by atoms with Gasteiger partial charge < -0.3 is 0 Å². The van der Waals surface area contributed by atoms with E-state index in [-0.39, 0.29) is 12.3 Å². The minimum absolute atomic E-state index is 0.163. The number of aliphatic imine (C=N–C) groups is 1. The van der Waals surface area contributed by atoms with Crippen molar-refractivity contribution in [2.75, 3.05) is 6.54 Å². The quantitative estimate of drug-likeness (QED) is 0.348. The summed E-state index contributed by atoms with van der Waals surface area (Å²) in [6.45, 7) is 2.33. The van der Waals surface area contributed by atoms with Crippen molar-refractivity contribution in [3.8, 4) is 0 Å². The van der Waals surface area contributed by atoms with Crippen molar-refractivity contribution in [3.05, 3.63) is 0 Å². The van der Waals surface area contributed by atoms with Crippen molar-refractivity contribution < 1.29 is 4.79 Å². The molecule has 0 saturated carbocycles. The van der Waals surface area contributed by atoms with E-state index in [0.29, 0.717) is 6.42 Å². The molecule has 0 radical (unpaired) electrons. The first-order valence-corrected chi connectivity index (χ1v) is 4.27. The number of hydrogen-bond acceptors (Lipinski definition) is 3. The predicted octanol–water partition coefficient (Wildman–Crippen LogP) is 2.24. The zero-order chi connectivity index (χ0) is 8.53. The first-order chi connectivity index (χ1) is 5.31. The molecule has 2 nitrogen and oxygen atoms in total. The highest BCUT2D eigenvalue weighted by atomic mass is 32.1. The fraction of sp³-hybridized carbons (Fsp3) is 0.750. The van der Waals surface area contributed by atoms with Crippen LogP contribution < -0.4 is 0 Å². The lowest BCUT2D eigenvalue weighted by molar-refractivity contribution is -0.117. The van der Waals surface area contributed by atoms with Gasteiger partial charge in [-0.2, -0.15) is 0 Å². The van der Waals surface area contributed by atoms with E-state index in [1.165, 1.54) is 0 Å². The molecule has 0 atom stereocenters. The van der Waals surface area contributed by atoms with Gasteiger partial charge >= 0.3 is 0 Å². The molecule has 3 heteroatoms. The van der Waals surface area contributed by atoms with Gasteiger partial charge in [-0.05, 0) is 18.6 Å². The van der Waals surface area contributed by atoms with Crippen molar-refractivity contribution in [2.24, 2.45) is 4.99 Å². The van der Waals surface area contributed by atoms with Crippen LogP contribution in [-0.4, -0.2) is 17.5 Å². The molecular formula is C8H13NOS. The second kappa shape index (κ2) is 7.58. The van der Waals surface area contributed by atoms with E-state index in [9.17, 15) is 4.79 Å². The Labute approximate surface area is 72.7 Å². The highest BCUT2D eigenvalue weighted by Crippen LogP contribution is 1.99. The van der Waals surface area contributed by atoms with Crippen LogP contribution in [0.15, 0.2) is 4.99 Å². The van der Waals surface area contributed by atoms with Crippen LogP contribution in [0.2, 0.25) is 0 Å². The molecule has 11 heavy (non-hydrogen) atoms. The highest BCUT2D eigenvalue weighted by molar-refractivity contribution is 7.78. The summed E-state index contributed by atoms with van der Waals surface area (Å²) in [4.78, 5) is 14.5. The van der Waals surface area contributed by atoms with Crippen LogP contribution in [0.1, 0.15) is 32.6 Å². The van der Waals surface area contributed by atoms with E-state index in [4.69, 9.17) is 0 Å². The van der Waals surface area contributed by atoms with Crippen molar-refractivity contribution >= 4 is 23.2 Å². The number of unbranched alkanes of at least 4 members (excludes halogenated alkanes) is 2. The average Bonchev–Trinajstić information content (AvgIpc) is 2.01. The van der Waals surface area contributed by atoms with Crippen LogP contribution >= 0.6 is 12.2 Å². The smallest absolute Gasteiger partial charge is 0.155 e. The normalized spacial score (nSPS) is 8.82. The van der Waals surface area contributed by atoms with Gasteiger partial charge in [-0.1, -0.05) is 19.8 Å². The zero-order valence-corrected chi connectivity index (χ0v) is 7.62. The van der Waals surface area contributed by atoms with E-state index in [1.54, 1.807) is 0 Å². The molecular weight excluding hydrogens is 158 g/mol. The van der Waals surface area contributed by atoms with E-state index >= 15 is 0 Å². The molecule has 0 saturated heterocycles. The predicted molar refractivity (Wildman–Crippen MR) is 49.0 cm³/mol. The van der Waals surface area contributed by atoms with E-state index in [0.717, 1.165) is 19.3 Å². The Hall–Kier alpha value is -0.530. The molecule has 0 heterocycles. The van der Waals surface area contributed by atoms with Gasteiger partial charge in [0.1, 0.15) is 6.54 Å². The summed E-state index contributed by atoms with van der Waals surface area (Å²) < 4.78 is 0. The lowest BCUT2D eigenvalue weighted by Crippen LogP contribution is -2.01. The number of nitrogens with zero attached hydrogens (tertiary/aromatic N) is 1. The van der Waals surface area contributed by atoms with E-state index in [1.807, 2.05) is 0 Å². The SMILES string of the molecule is CCCCCC(=O)CN=C=S. The second-order valence-corrected chi connectivity index (χ2v) is 2.59. The molecule has 0 aromatic heterocycles. The Bertz CT molecular complexity index is 161. The fourth-order valence-corrected chi connectivity index (χ4v) is 0.836. The first-order valence-electron chi connectivity index (χ1n) is 3.86. The third-order valence-corrected chi connectivity index (χ3v) is 1.51. The summed E-state index contributed by atoms with van der Waals surface area (Å²) in [5, 5.41) is 2.18. The third kappa shape index (κ3) is 7.37. The van der Waals surface area contributed by atoms with Crippen LogP contribution in [0.3, 0.4) is 0 Å². The van der Waals surface area contributed by atoms with Crippen molar-refractivity contribution in [2.45, 2.75) is 32.6 Å². The van der Waals surface area contributed by atoms with Gasteiger partial charge in [-0.15, -0.1) is 0 Å². The number of Topliss-reactive ketones (excluding diaryl/α,β-unsaturated/α-hetero) is 1. The van der Waals surface area contributed by atoms with Gasteiger partial charge in [-0.25, -0.2) is 4.99 Å². The molecule has 0 N–H and O–H groups in total. The Kier molecular flexibility index (Phi) is 7.21. The third-order valence-electron chi connectivity index (χ3n) is 1.38. The Morgan fingerprint density at radius 3 is 2.82 bits per heavy atom. The van der Waals surface area contributed by atoms with Crippen LogP contribution in [0, 0.1) is 0 Å².